The second-order valence-corrected chi connectivity index (χ2v) is 35.8. The molecule has 0 bridgehead atoms. The maximum atomic E-state index is 2.47. The van der Waals surface area contributed by atoms with Crippen LogP contribution in [0, 0.1) is 0 Å². The summed E-state index contributed by atoms with van der Waals surface area (Å²) < 4.78 is 0. The normalized spacial score (nSPS) is 13.1. The van der Waals surface area contributed by atoms with Crippen molar-refractivity contribution < 1.29 is 48.1 Å². The zero-order valence-corrected chi connectivity index (χ0v) is 39.2. The van der Waals surface area contributed by atoms with Gasteiger partial charge in [-0.25, -0.2) is 0 Å². The molecule has 0 aromatic heterocycles. The molecule has 0 aliphatic heterocycles. The second-order valence-electron chi connectivity index (χ2n) is 16.3. The minimum absolute atomic E-state index is 0. The van der Waals surface area contributed by atoms with Gasteiger partial charge in [0.2, 0.25) is 0 Å². The molecule has 1 saturated carbocycles. The van der Waals surface area contributed by atoms with Crippen LogP contribution < -0.4 is 35.2 Å². The summed E-state index contributed by atoms with van der Waals surface area (Å²) in [7, 11) is -2.44. The third-order valence-corrected chi connectivity index (χ3v) is 14.1. The molecule has 0 nitrogen and oxygen atoms in total. The monoisotopic (exact) mass is 840 g/mol. The van der Waals surface area contributed by atoms with Crippen molar-refractivity contribution in [2.45, 2.75) is 97.3 Å². The van der Waals surface area contributed by atoms with Crippen molar-refractivity contribution in [1.29, 1.82) is 0 Å². The molecule has 6 heteroatoms. The standard InChI is InChI=1S/C23H27Si.C20H23Si.C2H6Si.2ClH.Zr/c1-24(2,3)21-13-11-18(12-14-21)22-10-6-9-19-15-20(16-23(19)22)17-7-4-5-8-17;1-5-15-13-17-7-6-8-19(20(17)14-15)16-9-11-18(12-10-16)21(2,3)4;1-3-2;;;/h6,9-17H,4-5,7-8H2,1-3H3;6-14H,5H2,1-4H3;1-2H3;2*1H;/q2*-1;;;;+2/p-2. The summed E-state index contributed by atoms with van der Waals surface area (Å²) in [4.78, 5) is 0. The first kappa shape index (κ1) is 43.6. The number of fused-ring (bicyclic) bond motifs is 2. The molecule has 0 saturated heterocycles. The molecule has 0 spiro atoms. The van der Waals surface area contributed by atoms with Crippen LogP contribution in [-0.2, 0) is 29.8 Å². The van der Waals surface area contributed by atoms with E-state index in [2.05, 4.69) is 168 Å². The molecular formula is C45H56Cl2Si3Zr-2. The average molecular weight is 843 g/mol. The Hall–Kier alpha value is -1.79. The first-order valence-electron chi connectivity index (χ1n) is 18.4. The third kappa shape index (κ3) is 11.4. The Balaban J connectivity index is 0.000000243. The van der Waals surface area contributed by atoms with Crippen molar-refractivity contribution in [3.8, 4) is 22.3 Å². The first-order chi connectivity index (χ1) is 23.2. The maximum Gasteiger partial charge on any atom is -1.00 e. The molecule has 0 radical (unpaired) electrons. The fraction of sp³-hybridized carbons (Fsp3) is 0.333. The van der Waals surface area contributed by atoms with Crippen LogP contribution in [0.1, 0.15) is 49.7 Å². The van der Waals surface area contributed by atoms with Crippen LogP contribution in [0.2, 0.25) is 52.4 Å². The number of halogens is 2. The number of hydrogen-bond acceptors (Lipinski definition) is 0. The van der Waals surface area contributed by atoms with E-state index in [4.69, 9.17) is 0 Å². The Morgan fingerprint density at radius 2 is 1.04 bits per heavy atom. The SMILES string of the molecule is CCc1cc2c(-c3ccc([Si](C)(C)C)cc3)cccc2[cH-]1.C[Si](C)(C)c1ccc(-c2cccc3[cH-]c(C4CCCC4)cc23)cc1.C[Si](C)=[Zr+2].[Cl-].[Cl-]. The van der Waals surface area contributed by atoms with Gasteiger partial charge in [0.25, 0.3) is 0 Å². The van der Waals surface area contributed by atoms with Crippen LogP contribution in [0.15, 0.2) is 109 Å². The Labute approximate surface area is 338 Å². The predicted molar refractivity (Wildman–Crippen MR) is 224 cm³/mol. The Morgan fingerprint density at radius 3 is 1.45 bits per heavy atom. The van der Waals surface area contributed by atoms with Gasteiger partial charge in [-0.3, -0.25) is 0 Å². The molecule has 1 fully saturated rings. The number of rotatable bonds is 6. The van der Waals surface area contributed by atoms with Gasteiger partial charge in [-0.15, -0.1) is 69.1 Å². The van der Waals surface area contributed by atoms with Gasteiger partial charge < -0.3 is 24.8 Å². The van der Waals surface area contributed by atoms with Crippen molar-refractivity contribution in [2.75, 3.05) is 0 Å². The molecule has 6 aromatic carbocycles. The maximum absolute atomic E-state index is 2.47. The number of benzene rings is 4. The molecule has 1 aliphatic carbocycles. The Kier molecular flexibility index (Phi) is 16.2. The molecule has 0 atom stereocenters. The van der Waals surface area contributed by atoms with E-state index < -0.39 is 16.1 Å². The fourth-order valence-electron chi connectivity index (χ4n) is 7.06. The summed E-state index contributed by atoms with van der Waals surface area (Å²) in [5, 5.41) is 8.64. The zero-order valence-electron chi connectivity index (χ0n) is 32.3. The van der Waals surface area contributed by atoms with E-state index in [9.17, 15) is 0 Å². The van der Waals surface area contributed by atoms with Crippen molar-refractivity contribution in [1.82, 2.24) is 0 Å². The Morgan fingerprint density at radius 1 is 0.627 bits per heavy atom. The van der Waals surface area contributed by atoms with Gasteiger partial charge in [0.05, 0.1) is 16.1 Å². The molecule has 6 aromatic rings. The molecule has 51 heavy (non-hydrogen) atoms. The summed E-state index contributed by atoms with van der Waals surface area (Å²) in [5.41, 5.74) is 8.63. The van der Waals surface area contributed by atoms with Gasteiger partial charge >= 0.3 is 41.9 Å². The first-order valence-corrected chi connectivity index (χ1v) is 31.5. The second kappa shape index (κ2) is 19.0. The van der Waals surface area contributed by atoms with Gasteiger partial charge in [0.15, 0.2) is 0 Å². The van der Waals surface area contributed by atoms with Gasteiger partial charge in [0, 0.05) is 0 Å². The van der Waals surface area contributed by atoms with Crippen LogP contribution in [-0.4, -0.2) is 21.6 Å². The molecule has 0 heterocycles. The van der Waals surface area contributed by atoms with Crippen LogP contribution in [0.25, 0.3) is 43.8 Å². The van der Waals surface area contributed by atoms with Gasteiger partial charge in [-0.1, -0.05) is 141 Å². The quantitative estimate of drug-likeness (QED) is 0.132. The van der Waals surface area contributed by atoms with Crippen LogP contribution in [0.5, 0.6) is 0 Å². The van der Waals surface area contributed by atoms with Crippen molar-refractivity contribution >= 4 is 53.5 Å². The molecule has 1 aliphatic rings. The zero-order chi connectivity index (χ0) is 35.3. The number of hydrogen-bond donors (Lipinski definition) is 0. The van der Waals surface area contributed by atoms with E-state index in [-0.39, 0.29) is 30.2 Å². The van der Waals surface area contributed by atoms with Gasteiger partial charge in [0.1, 0.15) is 0 Å². The van der Waals surface area contributed by atoms with E-state index in [1.54, 1.807) is 28.9 Å². The smallest absolute Gasteiger partial charge is 1.00 e. The van der Waals surface area contributed by atoms with Gasteiger partial charge in [-0.05, 0) is 36.3 Å². The van der Waals surface area contributed by atoms with Gasteiger partial charge in [-0.2, -0.15) is 12.1 Å². The van der Waals surface area contributed by atoms with E-state index in [1.807, 2.05) is 0 Å². The van der Waals surface area contributed by atoms with E-state index in [1.165, 1.54) is 85.4 Å². The third-order valence-electron chi connectivity index (χ3n) is 9.94. The minimum Gasteiger partial charge on any atom is -1.00 e. The van der Waals surface area contributed by atoms with Crippen LogP contribution in [0.3, 0.4) is 0 Å². The van der Waals surface area contributed by atoms with Crippen LogP contribution in [0.4, 0.5) is 0 Å². The van der Waals surface area contributed by atoms with Crippen molar-refractivity contribution in [3.05, 3.63) is 120 Å². The molecule has 7 rings (SSSR count). The topological polar surface area (TPSA) is 0 Å². The Bertz CT molecular complexity index is 2000. The fourth-order valence-corrected chi connectivity index (χ4v) is 9.39. The largest absolute Gasteiger partial charge is 1.00 e. The molecule has 0 N–H and O–H groups in total. The number of aryl methyl sites for hydroxylation is 1. The summed E-state index contributed by atoms with van der Waals surface area (Å²) >= 11 is 1.74. The van der Waals surface area contributed by atoms with E-state index >= 15 is 0 Å². The summed E-state index contributed by atoms with van der Waals surface area (Å²) in [6.07, 6.45) is 6.64. The van der Waals surface area contributed by atoms with E-state index in [0.717, 1.165) is 12.3 Å². The summed E-state index contributed by atoms with van der Waals surface area (Å²) in [6, 6.07) is 41.5. The van der Waals surface area contributed by atoms with E-state index in [0.29, 0.717) is 0 Å². The summed E-state index contributed by atoms with van der Waals surface area (Å²) in [6.45, 7) is 21.3. The molecular weight excluding hydrogens is 787 g/mol. The minimum atomic E-state index is -1.22. The van der Waals surface area contributed by atoms with Crippen LogP contribution >= 0.6 is 0 Å². The predicted octanol–water partition coefficient (Wildman–Crippen LogP) is 6.55. The molecule has 0 amide bonds. The van der Waals surface area contributed by atoms with Crippen molar-refractivity contribution in [3.63, 3.8) is 0 Å². The summed E-state index contributed by atoms with van der Waals surface area (Å²) in [5.74, 6) is 0.791. The van der Waals surface area contributed by atoms with Crippen molar-refractivity contribution in [2.24, 2.45) is 0 Å². The molecule has 0 unspecified atom stereocenters. The average Bonchev–Trinajstić information content (AvgIpc) is 3.83. The molecule has 268 valence electrons.